The van der Waals surface area contributed by atoms with E-state index < -0.39 is 0 Å². The number of rotatable bonds is 4. The molecule has 2 rings (SSSR count). The van der Waals surface area contributed by atoms with Gasteiger partial charge in [0.1, 0.15) is 5.82 Å². The van der Waals surface area contributed by atoms with Crippen LogP contribution in [-0.4, -0.2) is 23.5 Å². The number of aromatic nitrogens is 1. The average Bonchev–Trinajstić information content (AvgIpc) is 2.28. The molecule has 1 heterocycles. The molecule has 0 saturated heterocycles. The van der Waals surface area contributed by atoms with Crippen molar-refractivity contribution in [3.63, 3.8) is 0 Å². The maximum Gasteiger partial charge on any atom is 0.251 e. The molecule has 0 spiro atoms. The zero-order valence-electron chi connectivity index (χ0n) is 10.4. The highest BCUT2D eigenvalue weighted by Gasteiger charge is 2.26. The van der Waals surface area contributed by atoms with Crippen LogP contribution in [0.25, 0.3) is 0 Å². The van der Waals surface area contributed by atoms with Crippen molar-refractivity contribution in [1.29, 1.82) is 0 Å². The lowest BCUT2D eigenvalue weighted by atomic mass is 9.82. The van der Waals surface area contributed by atoms with E-state index in [1.54, 1.807) is 18.3 Å². The van der Waals surface area contributed by atoms with Gasteiger partial charge in [-0.1, -0.05) is 6.92 Å². The summed E-state index contributed by atoms with van der Waals surface area (Å²) in [7, 11) is 0. The van der Waals surface area contributed by atoms with Crippen molar-refractivity contribution in [2.45, 2.75) is 32.7 Å². The van der Waals surface area contributed by atoms with Crippen LogP contribution in [0.2, 0.25) is 0 Å². The van der Waals surface area contributed by atoms with Gasteiger partial charge >= 0.3 is 0 Å². The summed E-state index contributed by atoms with van der Waals surface area (Å²) in [6, 6.07) is 3.90. The normalized spacial score (nSPS) is 22.7. The van der Waals surface area contributed by atoms with E-state index in [1.807, 2.05) is 6.92 Å². The van der Waals surface area contributed by atoms with Gasteiger partial charge in [0.15, 0.2) is 0 Å². The van der Waals surface area contributed by atoms with Crippen LogP contribution in [0.15, 0.2) is 18.3 Å². The number of hydrogen-bond donors (Lipinski definition) is 2. The molecule has 1 fully saturated rings. The topological polar surface area (TPSA) is 54.0 Å². The first-order chi connectivity index (χ1) is 8.19. The van der Waals surface area contributed by atoms with E-state index in [-0.39, 0.29) is 5.91 Å². The Hall–Kier alpha value is -1.58. The van der Waals surface area contributed by atoms with E-state index in [4.69, 9.17) is 0 Å². The standard InChI is InChI=1S/C13H19N3O/c1-3-14-12-8-10(4-5-15-12)13(17)16-11-6-9(2)7-11/h4-5,8-9,11H,3,6-7H2,1-2H3,(H,14,15)(H,16,17). The molecule has 0 atom stereocenters. The van der Waals surface area contributed by atoms with Crippen LogP contribution in [0.1, 0.15) is 37.0 Å². The zero-order chi connectivity index (χ0) is 12.3. The van der Waals surface area contributed by atoms with Crippen LogP contribution in [-0.2, 0) is 0 Å². The summed E-state index contributed by atoms with van der Waals surface area (Å²) in [4.78, 5) is 16.1. The molecule has 1 saturated carbocycles. The maximum atomic E-state index is 11.9. The van der Waals surface area contributed by atoms with Gasteiger partial charge in [0.25, 0.3) is 5.91 Å². The quantitative estimate of drug-likeness (QED) is 0.836. The number of anilines is 1. The number of nitrogens with one attached hydrogen (secondary N) is 2. The van der Waals surface area contributed by atoms with Gasteiger partial charge < -0.3 is 10.6 Å². The number of amides is 1. The van der Waals surface area contributed by atoms with Crippen molar-refractivity contribution >= 4 is 11.7 Å². The predicted octanol–water partition coefficient (Wildman–Crippen LogP) is 2.04. The summed E-state index contributed by atoms with van der Waals surface area (Å²) in [5.74, 6) is 1.50. The molecule has 17 heavy (non-hydrogen) atoms. The van der Waals surface area contributed by atoms with Gasteiger partial charge in [0, 0.05) is 24.3 Å². The maximum absolute atomic E-state index is 11.9. The Kier molecular flexibility index (Phi) is 3.61. The second kappa shape index (κ2) is 5.17. The van der Waals surface area contributed by atoms with Crippen molar-refractivity contribution in [2.24, 2.45) is 5.92 Å². The Morgan fingerprint density at radius 3 is 2.94 bits per heavy atom. The SMILES string of the molecule is CCNc1cc(C(=O)NC2CC(C)C2)ccn1. The molecule has 0 bridgehead atoms. The molecule has 1 amide bonds. The number of hydrogen-bond acceptors (Lipinski definition) is 3. The van der Waals surface area contributed by atoms with Crippen molar-refractivity contribution in [3.8, 4) is 0 Å². The van der Waals surface area contributed by atoms with Crippen molar-refractivity contribution in [2.75, 3.05) is 11.9 Å². The first-order valence-corrected chi connectivity index (χ1v) is 6.19. The molecule has 0 aliphatic heterocycles. The molecular formula is C13H19N3O. The molecule has 1 aromatic heterocycles. The first-order valence-electron chi connectivity index (χ1n) is 6.19. The van der Waals surface area contributed by atoms with E-state index in [2.05, 4.69) is 22.5 Å². The fourth-order valence-electron chi connectivity index (χ4n) is 2.14. The van der Waals surface area contributed by atoms with Crippen LogP contribution in [0, 0.1) is 5.92 Å². The Morgan fingerprint density at radius 1 is 1.53 bits per heavy atom. The fourth-order valence-corrected chi connectivity index (χ4v) is 2.14. The second-order valence-corrected chi connectivity index (χ2v) is 4.71. The number of nitrogens with zero attached hydrogens (tertiary/aromatic N) is 1. The lowest BCUT2D eigenvalue weighted by molar-refractivity contribution is 0.0896. The van der Waals surface area contributed by atoms with Crippen molar-refractivity contribution < 1.29 is 4.79 Å². The van der Waals surface area contributed by atoms with Gasteiger partial charge in [-0.15, -0.1) is 0 Å². The van der Waals surface area contributed by atoms with E-state index in [0.717, 1.165) is 31.1 Å². The van der Waals surface area contributed by atoms with Gasteiger partial charge in [-0.05, 0) is 37.8 Å². The van der Waals surface area contributed by atoms with Gasteiger partial charge in [0.2, 0.25) is 0 Å². The lowest BCUT2D eigenvalue weighted by Crippen LogP contribution is -2.43. The van der Waals surface area contributed by atoms with Crippen LogP contribution >= 0.6 is 0 Å². The highest BCUT2D eigenvalue weighted by Crippen LogP contribution is 2.26. The smallest absolute Gasteiger partial charge is 0.251 e. The fraction of sp³-hybridized carbons (Fsp3) is 0.538. The van der Waals surface area contributed by atoms with Gasteiger partial charge in [-0.25, -0.2) is 4.98 Å². The third-order valence-corrected chi connectivity index (χ3v) is 3.09. The molecule has 4 heteroatoms. The van der Waals surface area contributed by atoms with Crippen LogP contribution in [0.5, 0.6) is 0 Å². The zero-order valence-corrected chi connectivity index (χ0v) is 10.4. The molecule has 0 aromatic carbocycles. The first kappa shape index (κ1) is 11.9. The summed E-state index contributed by atoms with van der Waals surface area (Å²) in [6.45, 7) is 5.01. The van der Waals surface area contributed by atoms with E-state index in [1.165, 1.54) is 0 Å². The third-order valence-electron chi connectivity index (χ3n) is 3.09. The number of carbonyl (C=O) groups is 1. The third kappa shape index (κ3) is 2.96. The molecule has 1 aromatic rings. The van der Waals surface area contributed by atoms with E-state index >= 15 is 0 Å². The van der Waals surface area contributed by atoms with Crippen molar-refractivity contribution in [1.82, 2.24) is 10.3 Å². The number of pyridine rings is 1. The minimum Gasteiger partial charge on any atom is -0.370 e. The largest absolute Gasteiger partial charge is 0.370 e. The predicted molar refractivity (Wildman–Crippen MR) is 68.1 cm³/mol. The summed E-state index contributed by atoms with van der Waals surface area (Å²) in [6.07, 6.45) is 3.85. The Morgan fingerprint density at radius 2 is 2.29 bits per heavy atom. The molecule has 92 valence electrons. The highest BCUT2D eigenvalue weighted by molar-refractivity contribution is 5.95. The van der Waals surface area contributed by atoms with Gasteiger partial charge in [-0.2, -0.15) is 0 Å². The summed E-state index contributed by atoms with van der Waals surface area (Å²) in [5, 5.41) is 6.14. The highest BCUT2D eigenvalue weighted by atomic mass is 16.1. The monoisotopic (exact) mass is 233 g/mol. The Balaban J connectivity index is 1.96. The minimum absolute atomic E-state index is 0.00320. The molecule has 1 aliphatic rings. The van der Waals surface area contributed by atoms with E-state index in [9.17, 15) is 4.79 Å². The molecular weight excluding hydrogens is 214 g/mol. The number of carbonyl (C=O) groups excluding carboxylic acids is 1. The average molecular weight is 233 g/mol. The molecule has 1 aliphatic carbocycles. The minimum atomic E-state index is 0.00320. The van der Waals surface area contributed by atoms with Gasteiger partial charge in [0.05, 0.1) is 0 Å². The summed E-state index contributed by atoms with van der Waals surface area (Å²) >= 11 is 0. The molecule has 2 N–H and O–H groups in total. The van der Waals surface area contributed by atoms with Gasteiger partial charge in [-0.3, -0.25) is 4.79 Å². The van der Waals surface area contributed by atoms with Crippen LogP contribution in [0.3, 0.4) is 0 Å². The van der Waals surface area contributed by atoms with Crippen LogP contribution in [0.4, 0.5) is 5.82 Å². The second-order valence-electron chi connectivity index (χ2n) is 4.71. The Bertz CT molecular complexity index is 399. The Labute approximate surface area is 102 Å². The molecule has 0 radical (unpaired) electrons. The van der Waals surface area contributed by atoms with E-state index in [0.29, 0.717) is 11.6 Å². The van der Waals surface area contributed by atoms with Crippen LogP contribution < -0.4 is 10.6 Å². The molecule has 4 nitrogen and oxygen atoms in total. The van der Waals surface area contributed by atoms with Crippen molar-refractivity contribution in [3.05, 3.63) is 23.9 Å². The molecule has 0 unspecified atom stereocenters. The summed E-state index contributed by atoms with van der Waals surface area (Å²) in [5.41, 5.74) is 0.676. The summed E-state index contributed by atoms with van der Waals surface area (Å²) < 4.78 is 0. The lowest BCUT2D eigenvalue weighted by Gasteiger charge is -2.33.